The molecule has 0 aliphatic carbocycles. The van der Waals surface area contributed by atoms with Crippen LogP contribution in [0.2, 0.25) is 0 Å². The van der Waals surface area contributed by atoms with Crippen LogP contribution in [0.25, 0.3) is 0 Å². The summed E-state index contributed by atoms with van der Waals surface area (Å²) in [5.41, 5.74) is -1.08. The molecular formula is C13H16F4. The molecule has 0 nitrogen and oxygen atoms in total. The Morgan fingerprint density at radius 3 is 2.00 bits per heavy atom. The summed E-state index contributed by atoms with van der Waals surface area (Å²) in [6, 6.07) is 2.65. The highest BCUT2D eigenvalue weighted by atomic mass is 19.4. The molecule has 0 spiro atoms. The quantitative estimate of drug-likeness (QED) is 0.614. The minimum absolute atomic E-state index is 0.0185. The molecule has 0 heterocycles. The van der Waals surface area contributed by atoms with E-state index < -0.39 is 17.6 Å². The summed E-state index contributed by atoms with van der Waals surface area (Å²) in [6.07, 6.45) is -4.44. The van der Waals surface area contributed by atoms with Crippen LogP contribution in [-0.4, -0.2) is 0 Å². The first-order chi connectivity index (χ1) is 7.53. The molecule has 1 rings (SSSR count). The lowest BCUT2D eigenvalue weighted by atomic mass is 9.76. The van der Waals surface area contributed by atoms with Gasteiger partial charge in [-0.25, -0.2) is 4.39 Å². The van der Waals surface area contributed by atoms with Crippen molar-refractivity contribution in [3.63, 3.8) is 0 Å². The van der Waals surface area contributed by atoms with Gasteiger partial charge in [0.25, 0.3) is 0 Å². The minimum atomic E-state index is -4.44. The number of rotatable bonds is 1. The molecule has 0 N–H and O–H groups in total. The zero-order valence-electron chi connectivity index (χ0n) is 10.3. The van der Waals surface area contributed by atoms with Crippen molar-refractivity contribution in [1.82, 2.24) is 0 Å². The van der Waals surface area contributed by atoms with Crippen LogP contribution >= 0.6 is 0 Å². The van der Waals surface area contributed by atoms with Crippen molar-refractivity contribution in [3.05, 3.63) is 35.1 Å². The standard InChI is InChI=1S/C13H16F4/c1-8(12(2,3)4)10-7-9(14)5-6-11(10)13(15,16)17/h5-8H,1-4H3. The van der Waals surface area contributed by atoms with Crippen molar-refractivity contribution < 1.29 is 17.6 Å². The molecule has 0 radical (unpaired) electrons. The van der Waals surface area contributed by atoms with Gasteiger partial charge >= 0.3 is 6.18 Å². The molecule has 1 atom stereocenters. The van der Waals surface area contributed by atoms with Crippen LogP contribution in [0.5, 0.6) is 0 Å². The summed E-state index contributed by atoms with van der Waals surface area (Å²) in [5.74, 6) is -1.01. The fourth-order valence-electron chi connectivity index (χ4n) is 1.62. The van der Waals surface area contributed by atoms with E-state index in [0.29, 0.717) is 0 Å². The van der Waals surface area contributed by atoms with E-state index in [1.54, 1.807) is 6.92 Å². The van der Waals surface area contributed by atoms with Crippen molar-refractivity contribution in [3.8, 4) is 0 Å². The summed E-state index contributed by atoms with van der Waals surface area (Å²) in [4.78, 5) is 0. The third-order valence-electron chi connectivity index (χ3n) is 3.08. The molecule has 1 aromatic carbocycles. The van der Waals surface area contributed by atoms with Crippen molar-refractivity contribution in [1.29, 1.82) is 0 Å². The molecule has 17 heavy (non-hydrogen) atoms. The summed E-state index contributed by atoms with van der Waals surface area (Å²) in [6.45, 7) is 7.19. The van der Waals surface area contributed by atoms with Gasteiger partial charge < -0.3 is 0 Å². The number of benzene rings is 1. The minimum Gasteiger partial charge on any atom is -0.207 e. The molecule has 1 aromatic rings. The summed E-state index contributed by atoms with van der Waals surface area (Å²) in [5, 5.41) is 0. The second-order valence-corrected chi connectivity index (χ2v) is 5.32. The van der Waals surface area contributed by atoms with Crippen LogP contribution in [0.3, 0.4) is 0 Å². The van der Waals surface area contributed by atoms with Gasteiger partial charge in [-0.3, -0.25) is 0 Å². The number of hydrogen-bond donors (Lipinski definition) is 0. The first-order valence-electron chi connectivity index (χ1n) is 5.40. The van der Waals surface area contributed by atoms with E-state index in [2.05, 4.69) is 0 Å². The maximum atomic E-state index is 13.1. The maximum Gasteiger partial charge on any atom is 0.416 e. The Balaban J connectivity index is 3.35. The lowest BCUT2D eigenvalue weighted by molar-refractivity contribution is -0.138. The molecule has 0 bridgehead atoms. The summed E-state index contributed by atoms with van der Waals surface area (Å²) >= 11 is 0. The average Bonchev–Trinajstić information content (AvgIpc) is 2.13. The third-order valence-corrected chi connectivity index (χ3v) is 3.08. The van der Waals surface area contributed by atoms with Crippen molar-refractivity contribution in [2.24, 2.45) is 5.41 Å². The van der Waals surface area contributed by atoms with Gasteiger partial charge in [-0.1, -0.05) is 27.7 Å². The second-order valence-electron chi connectivity index (χ2n) is 5.32. The van der Waals surface area contributed by atoms with Gasteiger partial charge in [0, 0.05) is 0 Å². The van der Waals surface area contributed by atoms with Crippen LogP contribution < -0.4 is 0 Å². The van der Waals surface area contributed by atoms with Gasteiger partial charge in [-0.2, -0.15) is 13.2 Å². The van der Waals surface area contributed by atoms with Crippen molar-refractivity contribution >= 4 is 0 Å². The smallest absolute Gasteiger partial charge is 0.207 e. The molecule has 0 aliphatic heterocycles. The Morgan fingerprint density at radius 2 is 1.59 bits per heavy atom. The van der Waals surface area contributed by atoms with Crippen molar-refractivity contribution in [2.45, 2.75) is 39.8 Å². The normalized spacial score (nSPS) is 14.8. The van der Waals surface area contributed by atoms with Gasteiger partial charge in [-0.15, -0.1) is 0 Å². The van der Waals surface area contributed by atoms with Crippen LogP contribution in [0, 0.1) is 11.2 Å². The molecule has 0 fully saturated rings. The third kappa shape index (κ3) is 3.20. The number of alkyl halides is 3. The monoisotopic (exact) mass is 248 g/mol. The van der Waals surface area contributed by atoms with E-state index in [9.17, 15) is 17.6 Å². The number of hydrogen-bond acceptors (Lipinski definition) is 0. The Hall–Kier alpha value is -1.06. The van der Waals surface area contributed by atoms with E-state index in [1.807, 2.05) is 20.8 Å². The van der Waals surface area contributed by atoms with Crippen LogP contribution in [0.15, 0.2) is 18.2 Å². The van der Waals surface area contributed by atoms with E-state index in [4.69, 9.17) is 0 Å². The summed E-state index contributed by atoms with van der Waals surface area (Å²) in [7, 11) is 0. The summed E-state index contributed by atoms with van der Waals surface area (Å²) < 4.78 is 51.5. The molecule has 1 unspecified atom stereocenters. The first kappa shape index (κ1) is 14.0. The lowest BCUT2D eigenvalue weighted by Gasteiger charge is -2.29. The Bertz CT molecular complexity index is 399. The van der Waals surface area contributed by atoms with Crippen LogP contribution in [0.4, 0.5) is 17.6 Å². The van der Waals surface area contributed by atoms with E-state index in [-0.39, 0.29) is 16.9 Å². The van der Waals surface area contributed by atoms with E-state index in [0.717, 1.165) is 18.2 Å². The maximum absolute atomic E-state index is 13.1. The molecule has 0 aliphatic rings. The average molecular weight is 248 g/mol. The van der Waals surface area contributed by atoms with Gasteiger partial charge in [-0.05, 0) is 35.1 Å². The fraction of sp³-hybridized carbons (Fsp3) is 0.538. The SMILES string of the molecule is CC(c1cc(F)ccc1C(F)(F)F)C(C)(C)C. The van der Waals surface area contributed by atoms with E-state index >= 15 is 0 Å². The van der Waals surface area contributed by atoms with Crippen LogP contribution in [0.1, 0.15) is 44.7 Å². The highest BCUT2D eigenvalue weighted by Crippen LogP contribution is 2.41. The molecule has 4 heteroatoms. The van der Waals surface area contributed by atoms with Gasteiger partial charge in [0.2, 0.25) is 0 Å². The van der Waals surface area contributed by atoms with Gasteiger partial charge in [0.1, 0.15) is 5.82 Å². The van der Waals surface area contributed by atoms with Gasteiger partial charge in [0.15, 0.2) is 0 Å². The molecule has 0 saturated carbocycles. The zero-order valence-corrected chi connectivity index (χ0v) is 10.3. The second kappa shape index (κ2) is 4.31. The van der Waals surface area contributed by atoms with E-state index in [1.165, 1.54) is 0 Å². The van der Waals surface area contributed by atoms with Gasteiger partial charge in [0.05, 0.1) is 5.56 Å². The zero-order chi connectivity index (χ0) is 13.4. The van der Waals surface area contributed by atoms with Crippen LogP contribution in [-0.2, 0) is 6.18 Å². The molecule has 0 saturated heterocycles. The fourth-order valence-corrected chi connectivity index (χ4v) is 1.62. The Kier molecular flexibility index (Phi) is 3.55. The molecular weight excluding hydrogens is 232 g/mol. The predicted molar refractivity (Wildman–Crippen MR) is 59.3 cm³/mol. The predicted octanol–water partition coefficient (Wildman–Crippen LogP) is 4.99. The molecule has 96 valence electrons. The topological polar surface area (TPSA) is 0 Å². The largest absolute Gasteiger partial charge is 0.416 e. The van der Waals surface area contributed by atoms with Crippen molar-refractivity contribution in [2.75, 3.05) is 0 Å². The first-order valence-corrected chi connectivity index (χ1v) is 5.40. The Morgan fingerprint density at radius 1 is 1.06 bits per heavy atom. The molecule has 0 amide bonds. The highest BCUT2D eigenvalue weighted by molar-refractivity contribution is 5.34. The number of halogens is 4. The lowest BCUT2D eigenvalue weighted by Crippen LogP contribution is -2.20. The molecule has 0 aromatic heterocycles. The Labute approximate surface area is 98.6 Å². The highest BCUT2D eigenvalue weighted by Gasteiger charge is 2.36.